The van der Waals surface area contributed by atoms with E-state index in [2.05, 4.69) is 0 Å². The van der Waals surface area contributed by atoms with Crippen LogP contribution >= 0.6 is 8.38 Å². The number of carbonyl (C=O) groups is 2. The lowest BCUT2D eigenvalue weighted by Gasteiger charge is -2.09. The largest absolute Gasteiger partial charge is 0.478 e. The summed E-state index contributed by atoms with van der Waals surface area (Å²) in [7, 11) is -2.76. The highest BCUT2D eigenvalue weighted by atomic mass is 31.2. The summed E-state index contributed by atoms with van der Waals surface area (Å²) in [6, 6.07) is 3.47. The van der Waals surface area contributed by atoms with Crippen molar-refractivity contribution in [2.75, 3.05) is 0 Å². The highest BCUT2D eigenvalue weighted by molar-refractivity contribution is 7.54. The summed E-state index contributed by atoms with van der Waals surface area (Å²) in [5, 5.41) is 17.0. The molecular formula is C8H7O6P. The fourth-order valence-corrected chi connectivity index (χ4v) is 1.88. The van der Waals surface area contributed by atoms with E-state index in [1.54, 1.807) is 0 Å². The minimum atomic E-state index is -2.76. The van der Waals surface area contributed by atoms with Gasteiger partial charge in [0.2, 0.25) is 8.38 Å². The van der Waals surface area contributed by atoms with Gasteiger partial charge in [0.1, 0.15) is 0 Å². The van der Waals surface area contributed by atoms with E-state index >= 15 is 0 Å². The monoisotopic (exact) mass is 230 g/mol. The Morgan fingerprint density at radius 1 is 1.00 bits per heavy atom. The lowest BCUT2D eigenvalue weighted by Crippen LogP contribution is -2.21. The minimum absolute atomic E-state index is 0.411. The average molecular weight is 230 g/mol. The van der Waals surface area contributed by atoms with Gasteiger partial charge in [0.05, 0.1) is 16.4 Å². The van der Waals surface area contributed by atoms with Gasteiger partial charge in [-0.3, -0.25) is 0 Å². The number of aromatic carboxylic acids is 2. The number of carboxylic acids is 2. The average Bonchev–Trinajstić information content (AvgIpc) is 2.16. The fourth-order valence-electron chi connectivity index (χ4n) is 1.10. The normalized spacial score (nSPS) is 10.3. The van der Waals surface area contributed by atoms with Gasteiger partial charge < -0.3 is 20.0 Å². The van der Waals surface area contributed by atoms with Gasteiger partial charge in [0.25, 0.3) is 0 Å². The number of carboxylic acid groups (broad SMARTS) is 2. The van der Waals surface area contributed by atoms with E-state index in [1.807, 2.05) is 0 Å². The molecule has 6 nitrogen and oxygen atoms in total. The molecule has 0 spiro atoms. The Labute approximate surface area is 85.3 Å². The van der Waals surface area contributed by atoms with Crippen LogP contribution in [-0.4, -0.2) is 31.9 Å². The molecule has 7 heteroatoms. The van der Waals surface area contributed by atoms with Crippen LogP contribution in [0.15, 0.2) is 18.2 Å². The highest BCUT2D eigenvalue weighted by Crippen LogP contribution is 2.26. The smallest absolute Gasteiger partial charge is 0.336 e. The van der Waals surface area contributed by atoms with Crippen molar-refractivity contribution in [1.82, 2.24) is 0 Å². The second-order valence-corrected chi connectivity index (χ2v) is 3.63. The quantitative estimate of drug-likeness (QED) is 0.543. The van der Waals surface area contributed by atoms with E-state index < -0.39 is 36.7 Å². The van der Waals surface area contributed by atoms with Crippen molar-refractivity contribution in [3.05, 3.63) is 29.3 Å². The van der Waals surface area contributed by atoms with E-state index in [-0.39, 0.29) is 0 Å². The Hall–Kier alpha value is -1.49. The molecule has 0 atom stereocenters. The summed E-state index contributed by atoms with van der Waals surface area (Å²) in [5.74, 6) is -2.80. The van der Waals surface area contributed by atoms with Crippen molar-refractivity contribution < 1.29 is 29.6 Å². The summed E-state index contributed by atoms with van der Waals surface area (Å²) in [5.41, 5.74) is -0.822. The molecule has 0 heterocycles. The molecule has 0 radical (unpaired) electrons. The van der Waals surface area contributed by atoms with E-state index in [1.165, 1.54) is 6.07 Å². The van der Waals surface area contributed by atoms with Crippen molar-refractivity contribution in [3.8, 4) is 0 Å². The molecule has 0 saturated heterocycles. The van der Waals surface area contributed by atoms with Gasteiger partial charge in [-0.15, -0.1) is 0 Å². The molecular weight excluding hydrogens is 223 g/mol. The van der Waals surface area contributed by atoms with Crippen LogP contribution < -0.4 is 5.30 Å². The lowest BCUT2D eigenvalue weighted by atomic mass is 10.1. The Morgan fingerprint density at radius 3 is 1.67 bits per heavy atom. The second kappa shape index (κ2) is 4.35. The van der Waals surface area contributed by atoms with Crippen LogP contribution in [0, 0.1) is 0 Å². The zero-order valence-corrected chi connectivity index (χ0v) is 8.18. The number of hydrogen-bond acceptors (Lipinski definition) is 4. The van der Waals surface area contributed by atoms with Crippen LogP contribution in [0.5, 0.6) is 0 Å². The van der Waals surface area contributed by atoms with Gasteiger partial charge in [-0.2, -0.15) is 0 Å². The third kappa shape index (κ3) is 2.30. The maximum Gasteiger partial charge on any atom is 0.336 e. The Kier molecular flexibility index (Phi) is 3.36. The molecule has 1 rings (SSSR count). The van der Waals surface area contributed by atoms with Gasteiger partial charge in [-0.1, -0.05) is 6.07 Å². The van der Waals surface area contributed by atoms with Crippen LogP contribution in [0.2, 0.25) is 0 Å². The molecule has 0 aliphatic heterocycles. The molecule has 0 amide bonds. The SMILES string of the molecule is O=C(O)c1cccc(C(=O)O)c1P(O)O. The summed E-state index contributed by atoms with van der Waals surface area (Å²) in [4.78, 5) is 39.3. The summed E-state index contributed by atoms with van der Waals surface area (Å²) < 4.78 is 0. The molecule has 0 unspecified atom stereocenters. The van der Waals surface area contributed by atoms with E-state index in [4.69, 9.17) is 20.0 Å². The van der Waals surface area contributed by atoms with Gasteiger partial charge in [-0.05, 0) is 12.1 Å². The van der Waals surface area contributed by atoms with E-state index in [0.29, 0.717) is 0 Å². The van der Waals surface area contributed by atoms with Gasteiger partial charge in [0.15, 0.2) is 0 Å². The van der Waals surface area contributed by atoms with Gasteiger partial charge >= 0.3 is 11.9 Å². The molecule has 1 aromatic rings. The van der Waals surface area contributed by atoms with E-state index in [9.17, 15) is 9.59 Å². The first-order valence-electron chi connectivity index (χ1n) is 3.72. The van der Waals surface area contributed by atoms with Crippen molar-refractivity contribution >= 4 is 25.6 Å². The number of benzene rings is 1. The number of rotatable bonds is 3. The zero-order valence-electron chi connectivity index (χ0n) is 7.28. The van der Waals surface area contributed by atoms with Crippen molar-refractivity contribution in [2.45, 2.75) is 0 Å². The first-order valence-corrected chi connectivity index (χ1v) is 4.97. The minimum Gasteiger partial charge on any atom is -0.478 e. The first-order chi connectivity index (χ1) is 6.95. The van der Waals surface area contributed by atoms with E-state index in [0.717, 1.165) is 12.1 Å². The third-order valence-corrected chi connectivity index (χ3v) is 2.58. The molecule has 4 N–H and O–H groups in total. The van der Waals surface area contributed by atoms with Crippen molar-refractivity contribution in [3.63, 3.8) is 0 Å². The highest BCUT2D eigenvalue weighted by Gasteiger charge is 2.23. The summed E-state index contributed by atoms with van der Waals surface area (Å²) in [6.45, 7) is 0. The van der Waals surface area contributed by atoms with Crippen LogP contribution in [0.25, 0.3) is 0 Å². The topological polar surface area (TPSA) is 115 Å². The van der Waals surface area contributed by atoms with Gasteiger partial charge in [0, 0.05) is 0 Å². The Balaban J connectivity index is 3.48. The molecule has 1 aromatic carbocycles. The lowest BCUT2D eigenvalue weighted by molar-refractivity contribution is 0.0696. The maximum atomic E-state index is 10.7. The third-order valence-electron chi connectivity index (χ3n) is 1.70. The molecule has 80 valence electrons. The molecule has 0 aliphatic carbocycles. The molecule has 0 aliphatic rings. The van der Waals surface area contributed by atoms with Crippen LogP contribution in [0.4, 0.5) is 0 Å². The van der Waals surface area contributed by atoms with Crippen LogP contribution in [0.1, 0.15) is 20.7 Å². The Bertz CT molecular complexity index is 381. The molecule has 0 bridgehead atoms. The standard InChI is InChI=1S/C8H7O6P/c9-7(10)4-2-1-3-5(8(11)12)6(4)15(13)14/h1-3,13-14H,(H,9,10)(H,11,12). The fraction of sp³-hybridized carbons (Fsp3) is 0. The zero-order chi connectivity index (χ0) is 11.6. The first kappa shape index (κ1) is 11.6. The molecule has 0 aromatic heterocycles. The van der Waals surface area contributed by atoms with Crippen molar-refractivity contribution in [1.29, 1.82) is 0 Å². The predicted octanol–water partition coefficient (Wildman–Crippen LogP) is 0.00480. The number of hydrogen-bond donors (Lipinski definition) is 4. The summed E-state index contributed by atoms with van der Waals surface area (Å²) in [6.07, 6.45) is 0. The van der Waals surface area contributed by atoms with Crippen molar-refractivity contribution in [2.24, 2.45) is 0 Å². The maximum absolute atomic E-state index is 10.7. The molecule has 0 fully saturated rings. The van der Waals surface area contributed by atoms with Gasteiger partial charge in [-0.25, -0.2) is 9.59 Å². The van der Waals surface area contributed by atoms with Crippen LogP contribution in [-0.2, 0) is 0 Å². The summed E-state index contributed by atoms with van der Waals surface area (Å²) >= 11 is 0. The predicted molar refractivity (Wildman–Crippen MR) is 51.4 cm³/mol. The Morgan fingerprint density at radius 2 is 1.40 bits per heavy atom. The molecule has 15 heavy (non-hydrogen) atoms. The second-order valence-electron chi connectivity index (χ2n) is 2.60. The molecule has 0 saturated carbocycles. The van der Waals surface area contributed by atoms with Crippen LogP contribution in [0.3, 0.4) is 0 Å².